The molecule has 0 aliphatic carbocycles. The number of para-hydroxylation sites is 1. The number of hydrogen-bond acceptors (Lipinski definition) is 6. The lowest BCUT2D eigenvalue weighted by Gasteiger charge is -2.29. The van der Waals surface area contributed by atoms with Gasteiger partial charge in [0.25, 0.3) is 5.91 Å². The highest BCUT2D eigenvalue weighted by atomic mass is 79.9. The molecule has 0 fully saturated rings. The lowest BCUT2D eigenvalue weighted by Crippen LogP contribution is -2.31. The van der Waals surface area contributed by atoms with Gasteiger partial charge in [-0.05, 0) is 53.7 Å². The van der Waals surface area contributed by atoms with Gasteiger partial charge in [0.2, 0.25) is 5.95 Å². The second-order valence-corrected chi connectivity index (χ2v) is 9.22. The zero-order valence-electron chi connectivity index (χ0n) is 18.6. The van der Waals surface area contributed by atoms with Crippen LogP contribution < -0.4 is 15.4 Å². The summed E-state index contributed by atoms with van der Waals surface area (Å²) in [5.74, 6) is 0.740. The number of hydrogen-bond donors (Lipinski definition) is 2. The average molecular weight is 552 g/mol. The van der Waals surface area contributed by atoms with Crippen LogP contribution in [0.15, 0.2) is 88.5 Å². The molecule has 0 radical (unpaired) electrons. The van der Waals surface area contributed by atoms with Crippen LogP contribution in [-0.4, -0.2) is 26.1 Å². The molecule has 2 N–H and O–H groups in total. The van der Waals surface area contributed by atoms with Gasteiger partial charge in [-0.2, -0.15) is 4.68 Å². The van der Waals surface area contributed by atoms with Crippen molar-refractivity contribution in [3.8, 4) is 5.75 Å². The SMILES string of the molecule is CC1=C(C(=O)Nc2ccccc2)C(c2cc(Br)ccc2OCc2ccccc2Cl)n2nnnc2N1. The van der Waals surface area contributed by atoms with Crippen LogP contribution in [0, 0.1) is 0 Å². The summed E-state index contributed by atoms with van der Waals surface area (Å²) >= 11 is 9.89. The Morgan fingerprint density at radius 3 is 2.71 bits per heavy atom. The minimum absolute atomic E-state index is 0.260. The second kappa shape index (κ2) is 9.89. The average Bonchev–Trinajstić information content (AvgIpc) is 3.32. The van der Waals surface area contributed by atoms with Crippen LogP contribution in [0.1, 0.15) is 24.1 Å². The van der Waals surface area contributed by atoms with E-state index in [2.05, 4.69) is 42.1 Å². The standard InChI is InChI=1S/C25H20BrClN6O2/c1-15-22(24(34)29-18-8-3-2-4-9-18)23(33-25(28-15)30-31-32-33)19-13-17(26)11-12-21(19)35-14-16-7-5-6-10-20(16)27/h2-13,23H,14H2,1H3,(H,29,34)(H,28,30,32). The van der Waals surface area contributed by atoms with Crippen molar-refractivity contribution in [2.45, 2.75) is 19.6 Å². The van der Waals surface area contributed by atoms with E-state index in [-0.39, 0.29) is 12.5 Å². The van der Waals surface area contributed by atoms with Crippen molar-refractivity contribution in [1.82, 2.24) is 20.2 Å². The quantitative estimate of drug-likeness (QED) is 0.324. The highest BCUT2D eigenvalue weighted by Crippen LogP contribution is 2.40. The molecule has 1 unspecified atom stereocenters. The first-order valence-corrected chi connectivity index (χ1v) is 12.0. The van der Waals surface area contributed by atoms with Crippen molar-refractivity contribution in [3.05, 3.63) is 105 Å². The third kappa shape index (κ3) is 4.78. The molecule has 0 bridgehead atoms. The summed E-state index contributed by atoms with van der Waals surface area (Å²) in [5, 5.41) is 18.8. The molecule has 35 heavy (non-hydrogen) atoms. The fourth-order valence-electron chi connectivity index (χ4n) is 3.95. The van der Waals surface area contributed by atoms with Gasteiger partial charge in [0.15, 0.2) is 0 Å². The molecule has 0 saturated carbocycles. The Morgan fingerprint density at radius 2 is 1.91 bits per heavy atom. The van der Waals surface area contributed by atoms with Crippen LogP contribution in [0.4, 0.5) is 11.6 Å². The molecule has 8 nitrogen and oxygen atoms in total. The fourth-order valence-corrected chi connectivity index (χ4v) is 4.52. The van der Waals surface area contributed by atoms with Crippen LogP contribution >= 0.6 is 27.5 Å². The van der Waals surface area contributed by atoms with E-state index in [0.29, 0.717) is 33.7 Å². The molecular formula is C25H20BrClN6O2. The Hall–Kier alpha value is -3.69. The lowest BCUT2D eigenvalue weighted by atomic mass is 9.94. The summed E-state index contributed by atoms with van der Waals surface area (Å²) in [5.41, 5.74) is 3.37. The number of carbonyl (C=O) groups excluding carboxylic acids is 1. The van der Waals surface area contributed by atoms with Crippen molar-refractivity contribution in [1.29, 1.82) is 0 Å². The number of fused-ring (bicyclic) bond motifs is 1. The molecule has 2 heterocycles. The predicted molar refractivity (Wildman–Crippen MR) is 137 cm³/mol. The van der Waals surface area contributed by atoms with Crippen LogP contribution in [-0.2, 0) is 11.4 Å². The summed E-state index contributed by atoms with van der Waals surface area (Å²) in [7, 11) is 0. The predicted octanol–water partition coefficient (Wildman–Crippen LogP) is 5.60. The molecule has 3 aromatic carbocycles. The Balaban J connectivity index is 1.56. The number of nitrogens with one attached hydrogen (secondary N) is 2. The Morgan fingerprint density at radius 1 is 1.14 bits per heavy atom. The number of benzene rings is 3. The van der Waals surface area contributed by atoms with Crippen LogP contribution in [0.5, 0.6) is 5.75 Å². The summed E-state index contributed by atoms with van der Waals surface area (Å²) in [4.78, 5) is 13.6. The normalized spacial score (nSPS) is 14.8. The summed E-state index contributed by atoms with van der Waals surface area (Å²) < 4.78 is 8.63. The first-order valence-electron chi connectivity index (χ1n) is 10.8. The summed E-state index contributed by atoms with van der Waals surface area (Å²) in [6.07, 6.45) is 0. The van der Waals surface area contributed by atoms with Crippen molar-refractivity contribution >= 4 is 45.1 Å². The fraction of sp³-hybridized carbons (Fsp3) is 0.120. The van der Waals surface area contributed by atoms with Gasteiger partial charge in [-0.3, -0.25) is 4.79 Å². The van der Waals surface area contributed by atoms with Crippen LogP contribution in [0.3, 0.4) is 0 Å². The largest absolute Gasteiger partial charge is 0.488 e. The Bertz CT molecular complexity index is 1420. The number of anilines is 2. The minimum atomic E-state index is -0.635. The summed E-state index contributed by atoms with van der Waals surface area (Å²) in [6.45, 7) is 2.09. The highest BCUT2D eigenvalue weighted by Gasteiger charge is 2.36. The first kappa shape index (κ1) is 23.1. The van der Waals surface area contributed by atoms with Gasteiger partial charge in [0.1, 0.15) is 18.4 Å². The van der Waals surface area contributed by atoms with E-state index in [0.717, 1.165) is 15.6 Å². The maximum Gasteiger partial charge on any atom is 0.255 e. The molecule has 0 saturated heterocycles. The van der Waals surface area contributed by atoms with Crippen molar-refractivity contribution in [2.24, 2.45) is 0 Å². The smallest absolute Gasteiger partial charge is 0.255 e. The van der Waals surface area contributed by atoms with Crippen molar-refractivity contribution in [3.63, 3.8) is 0 Å². The summed E-state index contributed by atoms with van der Waals surface area (Å²) in [6, 6.07) is 21.8. The Kier molecular flexibility index (Phi) is 6.52. The number of nitrogens with zero attached hydrogens (tertiary/aromatic N) is 4. The van der Waals surface area contributed by atoms with Crippen LogP contribution in [0.2, 0.25) is 5.02 Å². The molecule has 0 spiro atoms. The van der Waals surface area contributed by atoms with E-state index >= 15 is 0 Å². The maximum absolute atomic E-state index is 13.6. The topological polar surface area (TPSA) is 94.0 Å². The van der Waals surface area contributed by atoms with Crippen molar-refractivity contribution < 1.29 is 9.53 Å². The van der Waals surface area contributed by atoms with Gasteiger partial charge in [-0.1, -0.05) is 69.0 Å². The molecule has 1 atom stereocenters. The lowest BCUT2D eigenvalue weighted by molar-refractivity contribution is -0.113. The number of aromatic nitrogens is 4. The number of tetrazole rings is 1. The molecule has 1 aliphatic heterocycles. The van der Waals surface area contributed by atoms with E-state index in [4.69, 9.17) is 16.3 Å². The molecule has 1 aromatic heterocycles. The molecule has 4 aromatic rings. The molecule has 176 valence electrons. The van der Waals surface area contributed by atoms with Crippen LogP contribution in [0.25, 0.3) is 0 Å². The molecule has 5 rings (SSSR count). The third-order valence-electron chi connectivity index (χ3n) is 5.60. The van der Waals surface area contributed by atoms with E-state index < -0.39 is 6.04 Å². The number of rotatable bonds is 6. The minimum Gasteiger partial charge on any atom is -0.488 e. The van der Waals surface area contributed by atoms with E-state index in [1.807, 2.05) is 79.7 Å². The molecule has 10 heteroatoms. The van der Waals surface area contributed by atoms with E-state index in [1.54, 1.807) is 4.68 Å². The van der Waals surface area contributed by atoms with E-state index in [1.165, 1.54) is 0 Å². The van der Waals surface area contributed by atoms with Gasteiger partial charge < -0.3 is 15.4 Å². The van der Waals surface area contributed by atoms with Gasteiger partial charge in [-0.15, -0.1) is 0 Å². The number of halogens is 2. The number of allylic oxidation sites excluding steroid dienone is 1. The van der Waals surface area contributed by atoms with Gasteiger partial charge in [0.05, 0.1) is 5.57 Å². The first-order chi connectivity index (χ1) is 17.0. The third-order valence-corrected chi connectivity index (χ3v) is 6.46. The molecular weight excluding hydrogens is 532 g/mol. The maximum atomic E-state index is 13.6. The van der Waals surface area contributed by atoms with Gasteiger partial charge in [-0.25, -0.2) is 0 Å². The zero-order valence-corrected chi connectivity index (χ0v) is 20.9. The molecule has 1 amide bonds. The van der Waals surface area contributed by atoms with Crippen molar-refractivity contribution in [2.75, 3.05) is 10.6 Å². The second-order valence-electron chi connectivity index (χ2n) is 7.90. The van der Waals surface area contributed by atoms with E-state index in [9.17, 15) is 4.79 Å². The number of amides is 1. The Labute approximate surface area is 215 Å². The highest BCUT2D eigenvalue weighted by molar-refractivity contribution is 9.10. The number of carbonyl (C=O) groups is 1. The zero-order chi connectivity index (χ0) is 24.4. The number of ether oxygens (including phenoxy) is 1. The molecule has 1 aliphatic rings. The van der Waals surface area contributed by atoms with Gasteiger partial charge in [0, 0.05) is 32.0 Å². The monoisotopic (exact) mass is 550 g/mol. The van der Waals surface area contributed by atoms with Gasteiger partial charge >= 0.3 is 0 Å².